The number of amides is 1. The lowest BCUT2D eigenvalue weighted by Crippen LogP contribution is -2.59. The molecule has 1 aliphatic carbocycles. The first-order valence-electron chi connectivity index (χ1n) is 13.8. The average Bonchev–Trinajstić information content (AvgIpc) is 2.98. The largest absolute Gasteiger partial charge is 0.505 e. The molecule has 2 aliphatic rings. The molecule has 2 N–H and O–H groups in total. The number of halogens is 5. The van der Waals surface area contributed by atoms with Gasteiger partial charge in [0.1, 0.15) is 11.6 Å². The maximum Gasteiger partial charge on any atom is 0.339 e. The fourth-order valence-corrected chi connectivity index (χ4v) is 7.47. The second kappa shape index (κ2) is 12.2. The van der Waals surface area contributed by atoms with E-state index in [0.717, 1.165) is 42.2 Å². The van der Waals surface area contributed by atoms with Gasteiger partial charge in [-0.1, -0.05) is 49.6 Å². The minimum absolute atomic E-state index is 0.191. The van der Waals surface area contributed by atoms with Gasteiger partial charge in [-0.3, -0.25) is 4.79 Å². The van der Waals surface area contributed by atoms with Gasteiger partial charge in [0.05, 0.1) is 12.2 Å². The Bertz CT molecular complexity index is 1700. The number of nitrogens with zero attached hydrogens (tertiary/aromatic N) is 2. The summed E-state index contributed by atoms with van der Waals surface area (Å²) in [4.78, 5) is 24.4. The number of hydrogen-bond acceptors (Lipinski definition) is 5. The third kappa shape index (κ3) is 5.52. The van der Waals surface area contributed by atoms with Crippen LogP contribution in [0.15, 0.2) is 47.4 Å². The van der Waals surface area contributed by atoms with Crippen molar-refractivity contribution in [2.75, 3.05) is 11.4 Å². The monoisotopic (exact) mass is 638 g/mol. The quantitative estimate of drug-likeness (QED) is 0.182. The summed E-state index contributed by atoms with van der Waals surface area (Å²) in [5, 5.41) is 20.3. The van der Waals surface area contributed by atoms with Crippen molar-refractivity contribution in [3.8, 4) is 5.75 Å². The Kier molecular flexibility index (Phi) is 8.67. The molecule has 44 heavy (non-hydrogen) atoms. The summed E-state index contributed by atoms with van der Waals surface area (Å²) < 4.78 is 97.0. The van der Waals surface area contributed by atoms with E-state index >= 15 is 0 Å². The molecular weight excluding hydrogens is 611 g/mol. The molecule has 234 valence electrons. The molecule has 1 saturated carbocycles. The fourth-order valence-electron chi connectivity index (χ4n) is 5.72. The van der Waals surface area contributed by atoms with Crippen LogP contribution in [0.1, 0.15) is 65.9 Å². The highest BCUT2D eigenvalue weighted by atomic mass is 32.2. The molecule has 5 rings (SSSR count). The Morgan fingerprint density at radius 1 is 0.841 bits per heavy atom. The molecule has 1 saturated heterocycles. The molecule has 1 heterocycles. The molecule has 0 radical (unpaired) electrons. The Hall–Kier alpha value is -4.04. The molecule has 1 unspecified atom stereocenters. The van der Waals surface area contributed by atoms with Crippen LogP contribution in [0.25, 0.3) is 0 Å². The second-order valence-corrected chi connectivity index (χ2v) is 12.6. The topological polar surface area (TPSA) is 115 Å². The van der Waals surface area contributed by atoms with Gasteiger partial charge in [-0.05, 0) is 48.4 Å². The summed E-state index contributed by atoms with van der Waals surface area (Å²) in [5.74, 6) is -15.5. The number of para-hydroxylation sites is 1. The normalized spacial score (nSPS) is 17.7. The van der Waals surface area contributed by atoms with Crippen molar-refractivity contribution in [3.05, 3.63) is 88.2 Å². The van der Waals surface area contributed by atoms with E-state index in [1.807, 2.05) is 12.1 Å². The van der Waals surface area contributed by atoms with E-state index in [2.05, 4.69) is 0 Å². The zero-order valence-corrected chi connectivity index (χ0v) is 23.9. The smallest absolute Gasteiger partial charge is 0.339 e. The van der Waals surface area contributed by atoms with Crippen molar-refractivity contribution in [1.82, 2.24) is 4.31 Å². The lowest BCUT2D eigenvalue weighted by molar-refractivity contribution is -0.125. The van der Waals surface area contributed by atoms with Crippen LogP contribution in [0.3, 0.4) is 0 Å². The zero-order chi connectivity index (χ0) is 31.9. The van der Waals surface area contributed by atoms with Gasteiger partial charge < -0.3 is 15.1 Å². The van der Waals surface area contributed by atoms with Crippen molar-refractivity contribution >= 4 is 27.6 Å². The van der Waals surface area contributed by atoms with Gasteiger partial charge in [-0.25, -0.2) is 35.2 Å². The molecule has 0 aromatic heterocycles. The molecule has 3 aromatic rings. The van der Waals surface area contributed by atoms with Gasteiger partial charge >= 0.3 is 5.97 Å². The van der Waals surface area contributed by atoms with Gasteiger partial charge in [0.15, 0.2) is 33.9 Å². The zero-order valence-electron chi connectivity index (χ0n) is 23.1. The van der Waals surface area contributed by atoms with Crippen LogP contribution in [0.2, 0.25) is 0 Å². The van der Waals surface area contributed by atoms with Crippen LogP contribution >= 0.6 is 0 Å². The van der Waals surface area contributed by atoms with Gasteiger partial charge in [0.2, 0.25) is 21.7 Å². The van der Waals surface area contributed by atoms with Crippen LogP contribution in [-0.4, -0.2) is 47.4 Å². The van der Waals surface area contributed by atoms with Crippen LogP contribution in [0.4, 0.5) is 27.6 Å². The maximum atomic E-state index is 14.5. The minimum Gasteiger partial charge on any atom is -0.505 e. The molecule has 8 nitrogen and oxygen atoms in total. The van der Waals surface area contributed by atoms with E-state index in [1.165, 1.54) is 18.6 Å². The number of carboxylic acid groups (broad SMARTS) is 1. The number of aromatic hydroxyl groups is 1. The molecule has 14 heteroatoms. The van der Waals surface area contributed by atoms with Gasteiger partial charge in [-0.15, -0.1) is 0 Å². The highest BCUT2D eigenvalue weighted by Gasteiger charge is 2.48. The number of sulfonamides is 1. The standard InChI is InChI=1S/C30H27F5N2O6S/c31-22-23(32)25(34)28(26(35)24(22)33)44(42,43)37-14-13-21(37)29(39)36(20-8-4-7-19(27(20)38)30(40)41)15-16-9-11-18(12-10-16)17-5-2-1-3-6-17/h4,7-12,17,21,38H,1-3,5-6,13-15H2,(H,40,41). The van der Waals surface area contributed by atoms with E-state index < -0.39 is 79.8 Å². The summed E-state index contributed by atoms with van der Waals surface area (Å²) in [7, 11) is -5.43. The lowest BCUT2D eigenvalue weighted by atomic mass is 9.84. The molecule has 0 bridgehead atoms. The predicted octanol–water partition coefficient (Wildman–Crippen LogP) is 5.83. The minimum atomic E-state index is -5.43. The van der Waals surface area contributed by atoms with Crippen molar-refractivity contribution < 1.29 is 50.2 Å². The molecule has 3 aromatic carbocycles. The van der Waals surface area contributed by atoms with Crippen LogP contribution in [0.5, 0.6) is 5.75 Å². The number of phenols is 1. The Morgan fingerprint density at radius 2 is 1.43 bits per heavy atom. The van der Waals surface area contributed by atoms with Crippen molar-refractivity contribution in [3.63, 3.8) is 0 Å². The Morgan fingerprint density at radius 3 is 1.98 bits per heavy atom. The number of carboxylic acids is 1. The maximum absolute atomic E-state index is 14.5. The van der Waals surface area contributed by atoms with E-state index in [-0.39, 0.29) is 18.7 Å². The first-order valence-corrected chi connectivity index (χ1v) is 15.3. The SMILES string of the molecule is O=C(O)c1cccc(N(Cc2ccc(C3CCCCC3)cc2)C(=O)C2CCN2S(=O)(=O)c2c(F)c(F)c(F)c(F)c2F)c1O. The number of hydrogen-bond donors (Lipinski definition) is 2. The van der Waals surface area contributed by atoms with E-state index in [1.54, 1.807) is 12.1 Å². The van der Waals surface area contributed by atoms with Gasteiger partial charge in [-0.2, -0.15) is 4.31 Å². The van der Waals surface area contributed by atoms with Crippen LogP contribution < -0.4 is 4.90 Å². The average molecular weight is 639 g/mol. The number of benzene rings is 3. The van der Waals surface area contributed by atoms with Crippen LogP contribution in [0, 0.1) is 29.1 Å². The van der Waals surface area contributed by atoms with Crippen LogP contribution in [-0.2, 0) is 21.4 Å². The number of carbonyl (C=O) groups excluding carboxylic acids is 1. The molecule has 1 aliphatic heterocycles. The third-order valence-electron chi connectivity index (χ3n) is 8.19. The van der Waals surface area contributed by atoms with Crippen molar-refractivity contribution in [2.45, 2.75) is 61.9 Å². The highest BCUT2D eigenvalue weighted by molar-refractivity contribution is 7.89. The van der Waals surface area contributed by atoms with E-state index in [9.17, 15) is 50.2 Å². The first-order chi connectivity index (χ1) is 20.8. The Balaban J connectivity index is 1.51. The van der Waals surface area contributed by atoms with Gasteiger partial charge in [0, 0.05) is 6.54 Å². The summed E-state index contributed by atoms with van der Waals surface area (Å²) in [6, 6.07) is 9.19. The summed E-state index contributed by atoms with van der Waals surface area (Å²) >= 11 is 0. The summed E-state index contributed by atoms with van der Waals surface area (Å²) in [5.41, 5.74) is 0.798. The predicted molar refractivity (Wildman–Crippen MR) is 147 cm³/mol. The second-order valence-electron chi connectivity index (χ2n) is 10.8. The fraction of sp³-hybridized carbons (Fsp3) is 0.333. The van der Waals surface area contributed by atoms with Gasteiger partial charge in [0.25, 0.3) is 0 Å². The lowest BCUT2D eigenvalue weighted by Gasteiger charge is -2.41. The highest BCUT2D eigenvalue weighted by Crippen LogP contribution is 2.38. The van der Waals surface area contributed by atoms with E-state index in [0.29, 0.717) is 15.8 Å². The molecule has 1 amide bonds. The molecule has 1 atom stereocenters. The van der Waals surface area contributed by atoms with E-state index in [4.69, 9.17) is 0 Å². The number of aromatic carboxylic acids is 1. The first kappa shape index (κ1) is 31.4. The number of anilines is 1. The summed E-state index contributed by atoms with van der Waals surface area (Å²) in [6.07, 6.45) is 5.27. The third-order valence-corrected chi connectivity index (χ3v) is 10.1. The number of rotatable bonds is 8. The number of carbonyl (C=O) groups is 2. The molecular formula is C30H27F5N2O6S. The van der Waals surface area contributed by atoms with Crippen molar-refractivity contribution in [2.24, 2.45) is 0 Å². The summed E-state index contributed by atoms with van der Waals surface area (Å²) in [6.45, 7) is -0.753. The molecule has 0 spiro atoms. The Labute approximate surface area is 249 Å². The molecule has 2 fully saturated rings. The van der Waals surface area contributed by atoms with Crippen molar-refractivity contribution in [1.29, 1.82) is 0 Å².